The molecule has 8 heteroatoms. The van der Waals surface area contributed by atoms with Crippen LogP contribution in [-0.4, -0.2) is 42.4 Å². The van der Waals surface area contributed by atoms with Crippen molar-refractivity contribution in [3.8, 4) is 0 Å². The van der Waals surface area contributed by atoms with Crippen molar-refractivity contribution in [3.63, 3.8) is 0 Å². The number of carbonyl (C=O) groups excluding carboxylic acids is 2. The third-order valence-electron chi connectivity index (χ3n) is 4.72. The van der Waals surface area contributed by atoms with Gasteiger partial charge in [-0.15, -0.1) is 0 Å². The van der Waals surface area contributed by atoms with Gasteiger partial charge in [-0.25, -0.2) is 0 Å². The summed E-state index contributed by atoms with van der Waals surface area (Å²) in [5.41, 5.74) is 0.821. The van der Waals surface area contributed by atoms with Gasteiger partial charge in [0.1, 0.15) is 6.04 Å². The number of hydrogen-bond donors (Lipinski definition) is 2. The SMILES string of the molecule is O=C(N[C@@H]1CCCCNC1=O)c1cc([N+](=O)[O-])ccc1N1CCCC1. The van der Waals surface area contributed by atoms with Crippen molar-refractivity contribution in [3.05, 3.63) is 33.9 Å². The molecule has 2 N–H and O–H groups in total. The molecule has 0 saturated carbocycles. The Kier molecular flexibility index (Phi) is 5.16. The van der Waals surface area contributed by atoms with E-state index in [0.717, 1.165) is 38.8 Å². The summed E-state index contributed by atoms with van der Waals surface area (Å²) in [6.45, 7) is 2.26. The van der Waals surface area contributed by atoms with Crippen LogP contribution in [0.5, 0.6) is 0 Å². The quantitative estimate of drug-likeness (QED) is 0.636. The lowest BCUT2D eigenvalue weighted by Gasteiger charge is -2.22. The van der Waals surface area contributed by atoms with Crippen LogP contribution in [0.1, 0.15) is 42.5 Å². The normalized spacial score (nSPS) is 20.7. The molecule has 2 fully saturated rings. The number of benzene rings is 1. The van der Waals surface area contributed by atoms with Crippen LogP contribution in [-0.2, 0) is 4.79 Å². The van der Waals surface area contributed by atoms with E-state index in [4.69, 9.17) is 0 Å². The summed E-state index contributed by atoms with van der Waals surface area (Å²) < 4.78 is 0. The Hall–Kier alpha value is -2.64. The molecule has 134 valence electrons. The zero-order chi connectivity index (χ0) is 17.8. The average molecular weight is 346 g/mol. The summed E-state index contributed by atoms with van der Waals surface area (Å²) in [4.78, 5) is 37.5. The Labute approximate surface area is 145 Å². The predicted octanol–water partition coefficient (Wildman–Crippen LogP) is 1.59. The molecule has 2 aliphatic rings. The van der Waals surface area contributed by atoms with E-state index in [1.54, 1.807) is 6.07 Å². The minimum Gasteiger partial charge on any atom is -0.371 e. The van der Waals surface area contributed by atoms with E-state index in [0.29, 0.717) is 18.7 Å². The van der Waals surface area contributed by atoms with Crippen molar-refractivity contribution in [2.45, 2.75) is 38.1 Å². The number of nitrogens with one attached hydrogen (secondary N) is 2. The van der Waals surface area contributed by atoms with E-state index in [2.05, 4.69) is 15.5 Å². The molecule has 0 aliphatic carbocycles. The van der Waals surface area contributed by atoms with Crippen LogP contribution in [0.15, 0.2) is 18.2 Å². The molecule has 0 bridgehead atoms. The van der Waals surface area contributed by atoms with Gasteiger partial charge in [-0.05, 0) is 38.2 Å². The van der Waals surface area contributed by atoms with E-state index in [-0.39, 0.29) is 17.2 Å². The first-order valence-corrected chi connectivity index (χ1v) is 8.68. The topological polar surface area (TPSA) is 105 Å². The minimum atomic E-state index is -0.597. The average Bonchev–Trinajstić information content (AvgIpc) is 3.06. The van der Waals surface area contributed by atoms with Crippen LogP contribution in [0.3, 0.4) is 0 Å². The Morgan fingerprint density at radius 3 is 2.72 bits per heavy atom. The Bertz CT molecular complexity index is 685. The summed E-state index contributed by atoms with van der Waals surface area (Å²) in [5, 5.41) is 16.6. The maximum Gasteiger partial charge on any atom is 0.270 e. The van der Waals surface area contributed by atoms with Gasteiger partial charge in [-0.3, -0.25) is 19.7 Å². The van der Waals surface area contributed by atoms with E-state index in [1.807, 2.05) is 0 Å². The standard InChI is InChI=1S/C17H22N4O4/c22-16(19-14-5-1-2-8-18-17(14)23)13-11-12(21(24)25)6-7-15(13)20-9-3-4-10-20/h6-7,11,14H,1-5,8-10H2,(H,18,23)(H,19,22)/t14-/m1/s1. The number of nitro benzene ring substituents is 1. The van der Waals surface area contributed by atoms with Gasteiger partial charge in [0.15, 0.2) is 0 Å². The smallest absolute Gasteiger partial charge is 0.270 e. The van der Waals surface area contributed by atoms with Crippen LogP contribution >= 0.6 is 0 Å². The van der Waals surface area contributed by atoms with E-state index in [1.165, 1.54) is 12.1 Å². The Balaban J connectivity index is 1.87. The molecule has 2 aliphatic heterocycles. The molecular formula is C17H22N4O4. The van der Waals surface area contributed by atoms with Gasteiger partial charge in [-0.1, -0.05) is 0 Å². The number of rotatable bonds is 4. The molecule has 8 nitrogen and oxygen atoms in total. The number of carbonyl (C=O) groups is 2. The van der Waals surface area contributed by atoms with Crippen LogP contribution in [0, 0.1) is 10.1 Å². The molecule has 0 spiro atoms. The molecule has 2 saturated heterocycles. The molecular weight excluding hydrogens is 324 g/mol. The third-order valence-corrected chi connectivity index (χ3v) is 4.72. The summed E-state index contributed by atoms with van der Waals surface area (Å²) in [6.07, 6.45) is 4.36. The maximum atomic E-state index is 12.8. The highest BCUT2D eigenvalue weighted by Gasteiger charge is 2.27. The largest absolute Gasteiger partial charge is 0.371 e. The highest BCUT2D eigenvalue weighted by molar-refractivity contribution is 6.02. The molecule has 25 heavy (non-hydrogen) atoms. The summed E-state index contributed by atoms with van der Waals surface area (Å²) in [6, 6.07) is 3.76. The van der Waals surface area contributed by atoms with Crippen LogP contribution < -0.4 is 15.5 Å². The summed E-state index contributed by atoms with van der Waals surface area (Å²) >= 11 is 0. The van der Waals surface area contributed by atoms with Crippen LogP contribution in [0.4, 0.5) is 11.4 Å². The lowest BCUT2D eigenvalue weighted by Crippen LogP contribution is -2.45. The van der Waals surface area contributed by atoms with Gasteiger partial charge in [0.05, 0.1) is 16.2 Å². The molecule has 0 unspecified atom stereocenters. The minimum absolute atomic E-state index is 0.126. The zero-order valence-electron chi connectivity index (χ0n) is 14.0. The molecule has 1 aromatic rings. The van der Waals surface area contributed by atoms with Crippen molar-refractivity contribution < 1.29 is 14.5 Å². The van der Waals surface area contributed by atoms with Gasteiger partial charge in [0, 0.05) is 31.8 Å². The van der Waals surface area contributed by atoms with Gasteiger partial charge in [-0.2, -0.15) is 0 Å². The molecule has 1 atom stereocenters. The van der Waals surface area contributed by atoms with Crippen LogP contribution in [0.25, 0.3) is 0 Å². The summed E-state index contributed by atoms with van der Waals surface area (Å²) in [5.74, 6) is -0.633. The monoisotopic (exact) mass is 346 g/mol. The third kappa shape index (κ3) is 3.89. The second-order valence-corrected chi connectivity index (χ2v) is 6.47. The lowest BCUT2D eigenvalue weighted by molar-refractivity contribution is -0.384. The first kappa shape index (κ1) is 17.2. The second kappa shape index (κ2) is 7.50. The lowest BCUT2D eigenvalue weighted by atomic mass is 10.1. The number of nitro groups is 1. The molecule has 0 radical (unpaired) electrons. The van der Waals surface area contributed by atoms with E-state index < -0.39 is 16.9 Å². The number of anilines is 1. The van der Waals surface area contributed by atoms with Gasteiger partial charge >= 0.3 is 0 Å². The molecule has 2 heterocycles. The van der Waals surface area contributed by atoms with E-state index >= 15 is 0 Å². The molecule has 0 aromatic heterocycles. The van der Waals surface area contributed by atoms with Gasteiger partial charge < -0.3 is 15.5 Å². The van der Waals surface area contributed by atoms with E-state index in [9.17, 15) is 19.7 Å². The van der Waals surface area contributed by atoms with Crippen molar-refractivity contribution in [2.24, 2.45) is 0 Å². The fourth-order valence-electron chi connectivity index (χ4n) is 3.37. The second-order valence-electron chi connectivity index (χ2n) is 6.47. The van der Waals surface area contributed by atoms with Crippen molar-refractivity contribution in [1.29, 1.82) is 0 Å². The Morgan fingerprint density at radius 2 is 2.00 bits per heavy atom. The number of amides is 2. The Morgan fingerprint density at radius 1 is 1.24 bits per heavy atom. The first-order chi connectivity index (χ1) is 12.1. The van der Waals surface area contributed by atoms with Crippen molar-refractivity contribution in [2.75, 3.05) is 24.5 Å². The molecule has 1 aromatic carbocycles. The number of non-ortho nitro benzene ring substituents is 1. The summed E-state index contributed by atoms with van der Waals surface area (Å²) in [7, 11) is 0. The van der Waals surface area contributed by atoms with Crippen molar-refractivity contribution in [1.82, 2.24) is 10.6 Å². The highest BCUT2D eigenvalue weighted by atomic mass is 16.6. The van der Waals surface area contributed by atoms with Gasteiger partial charge in [0.25, 0.3) is 11.6 Å². The predicted molar refractivity (Wildman–Crippen MR) is 92.7 cm³/mol. The van der Waals surface area contributed by atoms with Gasteiger partial charge in [0.2, 0.25) is 5.91 Å². The number of nitrogens with zero attached hydrogens (tertiary/aromatic N) is 2. The first-order valence-electron chi connectivity index (χ1n) is 8.68. The molecule has 3 rings (SSSR count). The van der Waals surface area contributed by atoms with Crippen LogP contribution in [0.2, 0.25) is 0 Å². The maximum absolute atomic E-state index is 12.8. The molecule has 2 amide bonds. The fourth-order valence-corrected chi connectivity index (χ4v) is 3.37. The zero-order valence-corrected chi connectivity index (χ0v) is 14.0. The van der Waals surface area contributed by atoms with Crippen molar-refractivity contribution >= 4 is 23.2 Å². The fraction of sp³-hybridized carbons (Fsp3) is 0.529. The number of hydrogen-bond acceptors (Lipinski definition) is 5. The highest BCUT2D eigenvalue weighted by Crippen LogP contribution is 2.28.